The minimum atomic E-state index is -4.37. The van der Waals surface area contributed by atoms with Crippen molar-refractivity contribution in [3.63, 3.8) is 0 Å². The Morgan fingerprint density at radius 2 is 0.817 bits per heavy atom. The lowest BCUT2D eigenvalue weighted by Crippen LogP contribution is -2.51. The molecule has 8 bridgehead atoms. The minimum absolute atomic E-state index is 0.0248. The van der Waals surface area contributed by atoms with Gasteiger partial charge in [0.25, 0.3) is 11.1 Å². The second kappa shape index (κ2) is 28.3. The molecule has 6 saturated heterocycles. The molecule has 0 aromatic carbocycles. The summed E-state index contributed by atoms with van der Waals surface area (Å²) >= 11 is 20.7. The molecule has 42 nitrogen and oxygen atoms in total. The van der Waals surface area contributed by atoms with Crippen LogP contribution in [0.15, 0.2) is 47.6 Å². The van der Waals surface area contributed by atoms with Gasteiger partial charge in [0, 0.05) is 0 Å². The number of aliphatic hydroxyl groups excluding tert-OH is 2. The van der Waals surface area contributed by atoms with E-state index in [9.17, 15) is 39.0 Å². The van der Waals surface area contributed by atoms with Crippen molar-refractivity contribution in [1.29, 1.82) is 0 Å². The Morgan fingerprint density at radius 3 is 1.20 bits per heavy atom. The molecule has 15 N–H and O–H groups in total. The van der Waals surface area contributed by atoms with E-state index in [1.165, 1.54) is 51.7 Å². The van der Waals surface area contributed by atoms with Crippen LogP contribution in [0.3, 0.4) is 0 Å². The summed E-state index contributed by atoms with van der Waals surface area (Å²) in [4.78, 5) is 106. The Morgan fingerprint density at radius 1 is 0.500 bits per heavy atom. The Hall–Kier alpha value is -4.80. The molecule has 8 unspecified atom stereocenters. The Kier molecular flexibility index (Phi) is 21.0. The van der Waals surface area contributed by atoms with E-state index in [1.807, 2.05) is 26.2 Å². The molecule has 0 aliphatic carbocycles. The van der Waals surface area contributed by atoms with E-state index < -0.39 is 173 Å². The molecule has 6 aliphatic heterocycles. The van der Waals surface area contributed by atoms with Crippen molar-refractivity contribution in [2.24, 2.45) is 0 Å². The predicted octanol–water partition coefficient (Wildman–Crippen LogP) is 2.66. The Labute approximate surface area is 611 Å². The van der Waals surface area contributed by atoms with Gasteiger partial charge < -0.3 is 89.2 Å². The molecule has 0 saturated carbocycles. The van der Waals surface area contributed by atoms with E-state index in [4.69, 9.17) is 122 Å². The number of aromatic nitrogens is 16. The highest BCUT2D eigenvalue weighted by Crippen LogP contribution is 2.61. The number of H-pyrrole nitrogens is 2. The van der Waals surface area contributed by atoms with E-state index in [2.05, 4.69) is 114 Å². The summed E-state index contributed by atoms with van der Waals surface area (Å²) in [6.07, 6.45) is -11.9. The van der Waals surface area contributed by atoms with E-state index >= 15 is 0 Å². The molecule has 20 atom stereocenters. The summed E-state index contributed by atoms with van der Waals surface area (Å²) in [5.41, 5.74) is 23.5. The highest BCUT2D eigenvalue weighted by Gasteiger charge is 2.59. The molecule has 8 aromatic heterocycles. The summed E-state index contributed by atoms with van der Waals surface area (Å²) in [6, 6.07) is 0. The van der Waals surface area contributed by atoms with Crippen molar-refractivity contribution < 1.29 is 93.4 Å². The molecule has 0 radical (unpaired) electrons. The van der Waals surface area contributed by atoms with Gasteiger partial charge in [-0.2, -0.15) is 9.97 Å². The lowest BCUT2D eigenvalue weighted by atomic mass is 10.1. The average Bonchev–Trinajstić information content (AvgIpc) is 1.61. The van der Waals surface area contributed by atoms with E-state index in [0.717, 1.165) is 0 Å². The molecule has 0 amide bonds. The zero-order valence-corrected chi connectivity index (χ0v) is 65.7. The summed E-state index contributed by atoms with van der Waals surface area (Å²) in [5, 5.41) is 21.8. The number of anilines is 4. The van der Waals surface area contributed by atoms with Crippen LogP contribution in [0.4, 0.5) is 23.5 Å². The van der Waals surface area contributed by atoms with E-state index in [-0.39, 0.29) is 73.7 Å². The van der Waals surface area contributed by atoms with Crippen molar-refractivity contribution in [2.45, 2.75) is 176 Å². The van der Waals surface area contributed by atoms with Crippen molar-refractivity contribution in [2.75, 3.05) is 49.4 Å². The number of nitrogens with zero attached hydrogens (tertiary/aromatic N) is 14. The molecular weight excluding hydrogens is 1570 g/mol. The Balaban J connectivity index is 0.000000191. The van der Waals surface area contributed by atoms with Crippen LogP contribution in [0.2, 0.25) is 36.3 Å². The first-order valence-corrected chi connectivity index (χ1v) is 48.1. The van der Waals surface area contributed by atoms with Crippen LogP contribution in [0.25, 0.3) is 44.7 Å². The van der Waals surface area contributed by atoms with Gasteiger partial charge in [0.15, 0.2) is 86.8 Å². The van der Waals surface area contributed by atoms with Crippen LogP contribution in [-0.4, -0.2) is 219 Å². The molecular formula is C52H76N20O22P4S4Si2. The number of thiol groups is 1. The van der Waals surface area contributed by atoms with Crippen molar-refractivity contribution in [3.8, 4) is 0 Å². The fraction of sp³-hybridized carbons (Fsp3) is 0.615. The van der Waals surface area contributed by atoms with Crippen LogP contribution in [0, 0.1) is 0 Å². The number of hydrogen-bond donors (Lipinski definition) is 12. The third-order valence-electron chi connectivity index (χ3n) is 19.1. The molecule has 14 rings (SSSR count). The molecule has 14 heterocycles. The fourth-order valence-electron chi connectivity index (χ4n) is 11.8. The lowest BCUT2D eigenvalue weighted by molar-refractivity contribution is -0.0615. The Bertz CT molecular complexity index is 4940. The summed E-state index contributed by atoms with van der Waals surface area (Å²) in [7, 11) is -5.36. The smallest absolute Gasteiger partial charge is 0.386 e. The van der Waals surface area contributed by atoms with Crippen LogP contribution < -0.4 is 34.1 Å². The monoisotopic (exact) mass is 1640 g/mol. The van der Waals surface area contributed by atoms with Gasteiger partial charge in [-0.15, -0.1) is 0 Å². The maximum absolute atomic E-state index is 14.6. The molecule has 104 heavy (non-hydrogen) atoms. The standard InChI is InChI=1S/C32H52N10O11P2S2Si2.C20H24N10O11P2S2/c1-31(2,3)58(7,8)52-20-16-11-46-55(45,57)51-23-21(53-59(9,10)32(4,5)6)17(49-29(23)42-15-38-19-26(42)39-30(34)40-27(19)43)12-47-54(44,56)50-22(20)28(48-16)41-14-37-18-24(33)35-13-36-25(18)41;21-14-8-15(24-3-23-14)29(4-25-8)18-12-10(31)6(38-18)1-36-43(35,45)41-13-11(32)7(2-37-42(34,44)40-12)39-19(13)30-5-26-9-16(30)27-20(22)28-17(9)33/h13-17,20-23,28-29H,11-12H2,1-10H3,(H,44,56)(H,45,57)(H2,33,35,36)(H3,34,39,40,43);3-7,10-13,18-19,31-32H,1-2H2,(H,34,44)(H,35,45)(H2,21,23,24)(H3,22,27,28,33)/t16-,17-,20?,21?,22+,23+,28-,29-,54?,55?;6-,7-,10?,11?,12+,13+,18-,19-,42?,43?/m11/s1. The molecule has 6 fully saturated rings. The van der Waals surface area contributed by atoms with Crippen molar-refractivity contribution in [3.05, 3.63) is 58.7 Å². The molecule has 52 heteroatoms. The zero-order chi connectivity index (χ0) is 75.1. The normalized spacial score (nSPS) is 34.9. The number of ether oxygens (including phenoxy) is 4. The maximum Gasteiger partial charge on any atom is 0.386 e. The quantitative estimate of drug-likeness (QED) is 0.0591. The van der Waals surface area contributed by atoms with Gasteiger partial charge in [-0.05, 0) is 71.7 Å². The number of nitrogen functional groups attached to an aromatic ring is 4. The van der Waals surface area contributed by atoms with E-state index in [1.54, 1.807) is 4.57 Å². The summed E-state index contributed by atoms with van der Waals surface area (Å²) in [5.74, 6) is -0.166. The second-order valence-electron chi connectivity index (χ2n) is 28.0. The van der Waals surface area contributed by atoms with Gasteiger partial charge >= 0.3 is 27.0 Å². The molecule has 568 valence electrons. The number of imidazole rings is 4. The highest BCUT2D eigenvalue weighted by atomic mass is 32.7. The number of aliphatic hydroxyl groups is 2. The number of fused-ring (bicyclic) bond motifs is 12. The van der Waals surface area contributed by atoms with Crippen LogP contribution >= 0.6 is 39.2 Å². The lowest BCUT2D eigenvalue weighted by Gasteiger charge is -2.41. The van der Waals surface area contributed by atoms with Crippen molar-refractivity contribution in [1.82, 2.24) is 78.1 Å². The van der Waals surface area contributed by atoms with E-state index in [0.29, 0.717) is 11.2 Å². The van der Waals surface area contributed by atoms with Gasteiger partial charge in [-0.1, -0.05) is 53.8 Å². The number of nitrogens with one attached hydrogen (secondary N) is 2. The highest BCUT2D eigenvalue weighted by molar-refractivity contribution is 8.44. The van der Waals surface area contributed by atoms with Crippen molar-refractivity contribution >= 4 is 159 Å². The number of aromatic amines is 2. The largest absolute Gasteiger partial charge is 0.408 e. The first-order valence-electron chi connectivity index (χ1n) is 31.8. The third kappa shape index (κ3) is 15.2. The maximum atomic E-state index is 14.6. The SMILES string of the molecule is CC(C)(C)[Si](C)(C)OC1[C@H]2COP(O)(=S)O[C@H]3C(O[Si](C)(C)C(C)(C)C)[C@@H](COP(=O)(S)O[C@@H]1[C@H](n1cnc4c(N)ncnc41)O2)O[C@H]3n1cnc2c(=O)[nH]c(N)nc21.Nc1nc2c(ncn2[C@@H]2O[C@@H]3COP(O)(=S)O[C@H]4C(O)[C@@H](COP(O)(=S)O[C@H]2C3O)O[C@H]4n2cnc3c(N)ncnc32)c(=O)[nH]1. The summed E-state index contributed by atoms with van der Waals surface area (Å²) < 4.78 is 107. The van der Waals surface area contributed by atoms with Crippen LogP contribution in [0.1, 0.15) is 66.5 Å². The second-order valence-corrected chi connectivity index (χ2v) is 48.7. The number of hydrogen-bond acceptors (Lipinski definition) is 36. The molecule has 6 aliphatic rings. The van der Waals surface area contributed by atoms with Gasteiger partial charge in [-0.25, -0.2) is 44.4 Å². The van der Waals surface area contributed by atoms with Gasteiger partial charge in [0.05, 0.1) is 51.7 Å². The van der Waals surface area contributed by atoms with Gasteiger partial charge in [0.1, 0.15) is 96.9 Å². The predicted molar refractivity (Wildman–Crippen MR) is 386 cm³/mol. The van der Waals surface area contributed by atoms with Gasteiger partial charge in [-0.3, -0.25) is 60.4 Å². The molecule has 8 aromatic rings. The minimum Gasteiger partial charge on any atom is -0.408 e. The number of nitrogens with two attached hydrogens (primary N) is 4. The topological polar surface area (TPSA) is 566 Å². The summed E-state index contributed by atoms with van der Waals surface area (Å²) in [6.45, 7) is 1.55. The fourth-order valence-corrected chi connectivity index (χ4v) is 20.2. The number of rotatable bonds is 8. The average molecular weight is 1640 g/mol. The van der Waals surface area contributed by atoms with Gasteiger partial charge in [0.2, 0.25) is 11.9 Å². The molecule has 0 spiro atoms. The van der Waals surface area contributed by atoms with Crippen LogP contribution in [0.5, 0.6) is 0 Å². The first-order chi connectivity index (χ1) is 48.5. The first kappa shape index (κ1) is 77.4. The zero-order valence-electron chi connectivity index (χ0n) is 56.7. The third-order valence-corrected chi connectivity index (χ3v) is 34.3. The van der Waals surface area contributed by atoms with Crippen LogP contribution in [-0.2, 0) is 104 Å².